The highest BCUT2D eigenvalue weighted by Gasteiger charge is 2.30. The number of ether oxygens (including phenoxy) is 1. The van der Waals surface area contributed by atoms with Gasteiger partial charge in [-0.3, -0.25) is 14.4 Å². The first kappa shape index (κ1) is 20.7. The second-order valence-corrected chi connectivity index (χ2v) is 7.86. The van der Waals surface area contributed by atoms with Gasteiger partial charge in [-0.2, -0.15) is 0 Å². The summed E-state index contributed by atoms with van der Waals surface area (Å²) in [6.07, 6.45) is 1.73. The number of amides is 2. The predicted molar refractivity (Wildman–Crippen MR) is 117 cm³/mol. The zero-order valence-electron chi connectivity index (χ0n) is 17.7. The van der Waals surface area contributed by atoms with E-state index in [-0.39, 0.29) is 30.7 Å². The lowest BCUT2D eigenvalue weighted by Crippen LogP contribution is -2.41. The third-order valence-electron chi connectivity index (χ3n) is 5.66. The second kappa shape index (κ2) is 8.26. The van der Waals surface area contributed by atoms with Gasteiger partial charge >= 0.3 is 5.97 Å². The molecule has 7 heteroatoms. The van der Waals surface area contributed by atoms with Crippen LogP contribution in [0.4, 0.5) is 11.4 Å². The van der Waals surface area contributed by atoms with Crippen LogP contribution >= 0.6 is 0 Å². The van der Waals surface area contributed by atoms with E-state index in [0.29, 0.717) is 11.4 Å². The fourth-order valence-corrected chi connectivity index (χ4v) is 3.91. The van der Waals surface area contributed by atoms with Gasteiger partial charge in [-0.05, 0) is 44.0 Å². The van der Waals surface area contributed by atoms with Crippen molar-refractivity contribution >= 4 is 40.1 Å². The van der Waals surface area contributed by atoms with Crippen molar-refractivity contribution in [3.63, 3.8) is 0 Å². The Kier molecular flexibility index (Phi) is 5.50. The number of anilines is 2. The third-order valence-corrected chi connectivity index (χ3v) is 5.66. The largest absolute Gasteiger partial charge is 0.464 e. The van der Waals surface area contributed by atoms with Crippen molar-refractivity contribution in [2.75, 3.05) is 16.8 Å². The van der Waals surface area contributed by atoms with Gasteiger partial charge in [-0.25, -0.2) is 0 Å². The topological polar surface area (TPSA) is 88.9 Å². The monoisotopic (exact) mass is 420 g/mol. The van der Waals surface area contributed by atoms with E-state index >= 15 is 0 Å². The van der Waals surface area contributed by atoms with E-state index < -0.39 is 12.6 Å². The highest BCUT2D eigenvalue weighted by molar-refractivity contribution is 6.05. The van der Waals surface area contributed by atoms with Crippen molar-refractivity contribution in [2.45, 2.75) is 39.7 Å². The molecule has 0 saturated heterocycles. The number of nitrogens with one attached hydrogen (secondary N) is 1. The average molecular weight is 420 g/mol. The minimum absolute atomic E-state index is 0.00889. The number of nitrogens with zero attached hydrogens (tertiary/aromatic N) is 1. The molecule has 160 valence electrons. The first-order chi connectivity index (χ1) is 14.8. The van der Waals surface area contributed by atoms with Gasteiger partial charge < -0.3 is 19.4 Å². The van der Waals surface area contributed by atoms with Crippen LogP contribution < -0.4 is 10.2 Å². The molecule has 1 N–H and O–H groups in total. The number of para-hydroxylation sites is 2. The van der Waals surface area contributed by atoms with Gasteiger partial charge in [0.15, 0.2) is 6.61 Å². The zero-order chi connectivity index (χ0) is 22.1. The van der Waals surface area contributed by atoms with Gasteiger partial charge in [0.2, 0.25) is 5.91 Å². The SMILES string of the molecule is Cc1ccc2c(CC(=O)OCC(=O)N3c4ccccc4NC(=O)C[C@@H]3C)coc2c1C. The Bertz CT molecular complexity index is 1180. The summed E-state index contributed by atoms with van der Waals surface area (Å²) in [6.45, 7) is 5.37. The number of esters is 1. The van der Waals surface area contributed by atoms with Gasteiger partial charge in [0.1, 0.15) is 5.58 Å². The van der Waals surface area contributed by atoms with Crippen LogP contribution in [0, 0.1) is 13.8 Å². The predicted octanol–water partition coefficient (Wildman–Crippen LogP) is 3.90. The summed E-state index contributed by atoms with van der Waals surface area (Å²) < 4.78 is 10.9. The van der Waals surface area contributed by atoms with E-state index in [2.05, 4.69) is 5.32 Å². The molecule has 0 radical (unpaired) electrons. The lowest BCUT2D eigenvalue weighted by Gasteiger charge is -2.27. The van der Waals surface area contributed by atoms with Gasteiger partial charge in [0.05, 0.1) is 24.1 Å². The minimum atomic E-state index is -0.515. The van der Waals surface area contributed by atoms with Gasteiger partial charge in [-0.15, -0.1) is 0 Å². The molecule has 1 atom stereocenters. The molecule has 1 aromatic heterocycles. The molecule has 4 rings (SSSR count). The summed E-state index contributed by atoms with van der Waals surface area (Å²) in [5.41, 5.74) is 4.77. The Morgan fingerprint density at radius 2 is 1.97 bits per heavy atom. The maximum atomic E-state index is 12.9. The Hall–Kier alpha value is -3.61. The smallest absolute Gasteiger partial charge is 0.310 e. The molecule has 2 aromatic carbocycles. The fourth-order valence-electron chi connectivity index (χ4n) is 3.91. The standard InChI is InChI=1S/C24H24N2O5/c1-14-8-9-18-17(12-31-24(18)16(14)3)11-23(29)30-13-22(28)26-15(2)10-21(27)25-19-6-4-5-7-20(19)26/h4-9,12,15H,10-11,13H2,1-3H3,(H,25,27)/t15-/m0/s1. The number of carbonyl (C=O) groups excluding carboxylic acids is 3. The molecule has 31 heavy (non-hydrogen) atoms. The first-order valence-corrected chi connectivity index (χ1v) is 10.2. The lowest BCUT2D eigenvalue weighted by atomic mass is 10.0. The van der Waals surface area contributed by atoms with Crippen molar-refractivity contribution in [3.8, 4) is 0 Å². The molecular weight excluding hydrogens is 396 g/mol. The Balaban J connectivity index is 1.46. The summed E-state index contributed by atoms with van der Waals surface area (Å²) >= 11 is 0. The summed E-state index contributed by atoms with van der Waals surface area (Å²) in [4.78, 5) is 39.0. The van der Waals surface area contributed by atoms with Crippen LogP contribution in [0.15, 0.2) is 47.1 Å². The maximum Gasteiger partial charge on any atom is 0.310 e. The molecule has 7 nitrogen and oxygen atoms in total. The molecular formula is C24H24N2O5. The van der Waals surface area contributed by atoms with Crippen LogP contribution in [0.25, 0.3) is 11.0 Å². The van der Waals surface area contributed by atoms with Crippen LogP contribution in [-0.4, -0.2) is 30.4 Å². The number of fused-ring (bicyclic) bond motifs is 2. The molecule has 1 aliphatic rings. The molecule has 2 amide bonds. The number of benzene rings is 2. The summed E-state index contributed by atoms with van der Waals surface area (Å²) in [5, 5.41) is 3.67. The fraction of sp³-hybridized carbons (Fsp3) is 0.292. The molecule has 0 aliphatic carbocycles. The number of aryl methyl sites for hydroxylation is 2. The lowest BCUT2D eigenvalue weighted by molar-refractivity contribution is -0.147. The quantitative estimate of drug-likeness (QED) is 0.647. The first-order valence-electron chi connectivity index (χ1n) is 10.2. The zero-order valence-corrected chi connectivity index (χ0v) is 17.7. The van der Waals surface area contributed by atoms with E-state index in [4.69, 9.17) is 9.15 Å². The average Bonchev–Trinajstić information content (AvgIpc) is 3.07. The molecule has 0 saturated carbocycles. The normalized spacial score (nSPS) is 15.9. The van der Waals surface area contributed by atoms with Gasteiger partial charge in [0.25, 0.3) is 5.91 Å². The van der Waals surface area contributed by atoms with Crippen molar-refractivity contribution in [1.29, 1.82) is 0 Å². The number of hydrogen-bond acceptors (Lipinski definition) is 5. The number of carbonyl (C=O) groups is 3. The van der Waals surface area contributed by atoms with Crippen molar-refractivity contribution in [2.24, 2.45) is 0 Å². The molecule has 0 unspecified atom stereocenters. The highest BCUT2D eigenvalue weighted by atomic mass is 16.5. The van der Waals surface area contributed by atoms with Gasteiger partial charge in [0, 0.05) is 23.4 Å². The van der Waals surface area contributed by atoms with Crippen molar-refractivity contribution < 1.29 is 23.5 Å². The summed E-state index contributed by atoms with van der Waals surface area (Å²) in [5.74, 6) is -1.06. The number of hydrogen-bond donors (Lipinski definition) is 1. The van der Waals surface area contributed by atoms with E-state index in [1.165, 1.54) is 4.90 Å². The highest BCUT2D eigenvalue weighted by Crippen LogP contribution is 2.31. The van der Waals surface area contributed by atoms with E-state index in [9.17, 15) is 14.4 Å². The van der Waals surface area contributed by atoms with Crippen LogP contribution in [0.5, 0.6) is 0 Å². The molecule has 3 aromatic rings. The molecule has 0 bridgehead atoms. The van der Waals surface area contributed by atoms with Crippen LogP contribution in [-0.2, 0) is 25.5 Å². The summed E-state index contributed by atoms with van der Waals surface area (Å²) in [7, 11) is 0. The number of furan rings is 1. The second-order valence-electron chi connectivity index (χ2n) is 7.86. The van der Waals surface area contributed by atoms with Crippen molar-refractivity contribution in [3.05, 3.63) is 59.4 Å². The Labute approximate surface area is 180 Å². The van der Waals surface area contributed by atoms with Crippen LogP contribution in [0.1, 0.15) is 30.0 Å². The van der Waals surface area contributed by atoms with E-state index in [1.807, 2.05) is 26.0 Å². The van der Waals surface area contributed by atoms with E-state index in [0.717, 1.165) is 27.7 Å². The Morgan fingerprint density at radius 1 is 1.19 bits per heavy atom. The third kappa shape index (κ3) is 4.03. The number of rotatable bonds is 4. The van der Waals surface area contributed by atoms with E-state index in [1.54, 1.807) is 37.5 Å². The van der Waals surface area contributed by atoms with Crippen molar-refractivity contribution in [1.82, 2.24) is 0 Å². The van der Waals surface area contributed by atoms with Crippen LogP contribution in [0.2, 0.25) is 0 Å². The van der Waals surface area contributed by atoms with Crippen LogP contribution in [0.3, 0.4) is 0 Å². The Morgan fingerprint density at radius 3 is 2.77 bits per heavy atom. The van der Waals surface area contributed by atoms with Gasteiger partial charge in [-0.1, -0.05) is 24.3 Å². The maximum absolute atomic E-state index is 12.9. The molecule has 1 aliphatic heterocycles. The summed E-state index contributed by atoms with van der Waals surface area (Å²) in [6, 6.07) is 10.6. The minimum Gasteiger partial charge on any atom is -0.464 e. The molecule has 0 fully saturated rings. The molecule has 0 spiro atoms. The molecule has 2 heterocycles.